The molecule has 1 aromatic heterocycles. The van der Waals surface area contributed by atoms with Gasteiger partial charge >= 0.3 is 0 Å². The summed E-state index contributed by atoms with van der Waals surface area (Å²) in [4.78, 5) is 0. The van der Waals surface area contributed by atoms with Gasteiger partial charge in [0.25, 0.3) is 0 Å². The molecular formula is C15H20N2O3. The van der Waals surface area contributed by atoms with Crippen molar-refractivity contribution in [2.45, 2.75) is 20.3 Å². The zero-order chi connectivity index (χ0) is 14.7. The highest BCUT2D eigenvalue weighted by Gasteiger charge is 2.18. The molecule has 5 heteroatoms. The number of rotatable bonds is 5. The predicted molar refractivity (Wildman–Crippen MR) is 78.0 cm³/mol. The smallest absolute Gasteiger partial charge is 0.230 e. The Morgan fingerprint density at radius 2 is 1.90 bits per heavy atom. The summed E-state index contributed by atoms with van der Waals surface area (Å²) in [6, 6.07) is 5.65. The van der Waals surface area contributed by atoms with Gasteiger partial charge in [-0.3, -0.25) is 0 Å². The van der Waals surface area contributed by atoms with Crippen LogP contribution in [0.25, 0.3) is 11.1 Å². The maximum absolute atomic E-state index is 5.91. The lowest BCUT2D eigenvalue weighted by Gasteiger charge is -2.10. The Bertz CT molecular complexity index is 591. The number of nitrogens with zero attached hydrogens (tertiary/aromatic N) is 1. The maximum Gasteiger partial charge on any atom is 0.230 e. The molecule has 0 aliphatic heterocycles. The average Bonchev–Trinajstić information content (AvgIpc) is 2.78. The van der Waals surface area contributed by atoms with Crippen LogP contribution in [0.5, 0.6) is 11.5 Å². The number of hydrogen-bond donors (Lipinski definition) is 1. The highest BCUT2D eigenvalue weighted by molar-refractivity contribution is 5.77. The molecule has 20 heavy (non-hydrogen) atoms. The molecule has 0 unspecified atom stereocenters. The third-order valence-corrected chi connectivity index (χ3v) is 3.06. The lowest BCUT2D eigenvalue weighted by Crippen LogP contribution is -1.98. The summed E-state index contributed by atoms with van der Waals surface area (Å²) in [6.07, 6.45) is 0.810. The van der Waals surface area contributed by atoms with Gasteiger partial charge in [-0.05, 0) is 30.0 Å². The van der Waals surface area contributed by atoms with Crippen molar-refractivity contribution in [3.8, 4) is 22.6 Å². The number of methoxy groups -OCH3 is 2. The molecule has 0 spiro atoms. The minimum atomic E-state index is 0.327. The fourth-order valence-corrected chi connectivity index (χ4v) is 2.16. The van der Waals surface area contributed by atoms with Gasteiger partial charge in [0.2, 0.25) is 5.88 Å². The third kappa shape index (κ3) is 2.71. The molecule has 0 amide bonds. The lowest BCUT2D eigenvalue weighted by molar-refractivity contribution is 0.355. The van der Waals surface area contributed by atoms with Crippen LogP contribution in [0, 0.1) is 5.92 Å². The van der Waals surface area contributed by atoms with Crippen molar-refractivity contribution in [2.75, 3.05) is 20.0 Å². The van der Waals surface area contributed by atoms with Crippen LogP contribution in [0.2, 0.25) is 0 Å². The van der Waals surface area contributed by atoms with E-state index in [-0.39, 0.29) is 0 Å². The Morgan fingerprint density at radius 1 is 1.20 bits per heavy atom. The maximum atomic E-state index is 5.91. The highest BCUT2D eigenvalue weighted by Crippen LogP contribution is 2.36. The molecule has 0 aliphatic carbocycles. The van der Waals surface area contributed by atoms with E-state index in [2.05, 4.69) is 19.0 Å². The summed E-state index contributed by atoms with van der Waals surface area (Å²) in [5, 5.41) is 4.06. The largest absolute Gasteiger partial charge is 0.493 e. The number of anilines is 1. The van der Waals surface area contributed by atoms with Crippen LogP contribution in [0.4, 0.5) is 5.88 Å². The number of hydrogen-bond acceptors (Lipinski definition) is 5. The van der Waals surface area contributed by atoms with Gasteiger partial charge in [-0.2, -0.15) is 0 Å². The number of nitrogen functional groups attached to an aromatic ring is 1. The van der Waals surface area contributed by atoms with Gasteiger partial charge < -0.3 is 19.7 Å². The minimum Gasteiger partial charge on any atom is -0.493 e. The van der Waals surface area contributed by atoms with Gasteiger partial charge in [-0.1, -0.05) is 25.1 Å². The summed E-state index contributed by atoms with van der Waals surface area (Å²) in [6.45, 7) is 4.26. The van der Waals surface area contributed by atoms with E-state index < -0.39 is 0 Å². The summed E-state index contributed by atoms with van der Waals surface area (Å²) >= 11 is 0. The van der Waals surface area contributed by atoms with E-state index in [4.69, 9.17) is 19.7 Å². The van der Waals surface area contributed by atoms with E-state index in [1.807, 2.05) is 18.2 Å². The molecule has 0 saturated heterocycles. The van der Waals surface area contributed by atoms with Crippen LogP contribution >= 0.6 is 0 Å². The van der Waals surface area contributed by atoms with Gasteiger partial charge in [-0.15, -0.1) is 0 Å². The Balaban J connectivity index is 2.48. The summed E-state index contributed by atoms with van der Waals surface area (Å²) in [5.74, 6) is 2.13. The lowest BCUT2D eigenvalue weighted by atomic mass is 9.99. The van der Waals surface area contributed by atoms with Gasteiger partial charge in [0.15, 0.2) is 11.5 Å². The van der Waals surface area contributed by atoms with Crippen LogP contribution in [0.1, 0.15) is 19.5 Å². The second-order valence-electron chi connectivity index (χ2n) is 5.04. The molecule has 1 aromatic carbocycles. The molecule has 108 valence electrons. The highest BCUT2D eigenvalue weighted by atomic mass is 16.5. The van der Waals surface area contributed by atoms with E-state index >= 15 is 0 Å². The zero-order valence-corrected chi connectivity index (χ0v) is 12.3. The van der Waals surface area contributed by atoms with E-state index in [1.165, 1.54) is 0 Å². The summed E-state index contributed by atoms with van der Waals surface area (Å²) < 4.78 is 15.7. The fourth-order valence-electron chi connectivity index (χ4n) is 2.16. The fraction of sp³-hybridized carbons (Fsp3) is 0.400. The first kappa shape index (κ1) is 14.2. The monoisotopic (exact) mass is 276 g/mol. The number of aromatic nitrogens is 1. The Morgan fingerprint density at radius 3 is 2.50 bits per heavy atom. The van der Waals surface area contributed by atoms with Crippen molar-refractivity contribution in [3.05, 3.63) is 23.9 Å². The normalized spacial score (nSPS) is 10.8. The predicted octanol–water partition coefficient (Wildman–Crippen LogP) is 3.14. The van der Waals surface area contributed by atoms with Crippen LogP contribution in [0.3, 0.4) is 0 Å². The van der Waals surface area contributed by atoms with Gasteiger partial charge in [0.1, 0.15) is 0 Å². The van der Waals surface area contributed by atoms with Crippen molar-refractivity contribution in [3.63, 3.8) is 0 Å². The molecule has 2 rings (SSSR count). The molecule has 0 fully saturated rings. The van der Waals surface area contributed by atoms with E-state index in [1.54, 1.807) is 14.2 Å². The van der Waals surface area contributed by atoms with Crippen molar-refractivity contribution < 1.29 is 14.0 Å². The molecule has 5 nitrogen and oxygen atoms in total. The topological polar surface area (TPSA) is 70.5 Å². The standard InChI is InChI=1S/C15H20N2O3/c1-9(2)7-11-14(15(16)20-17-11)10-5-6-12(18-3)13(8-10)19-4/h5-6,8-9H,7,16H2,1-4H3. The second-order valence-corrected chi connectivity index (χ2v) is 5.04. The van der Waals surface area contributed by atoms with Gasteiger partial charge in [0, 0.05) is 0 Å². The second kappa shape index (κ2) is 5.86. The van der Waals surface area contributed by atoms with Gasteiger partial charge in [0.05, 0.1) is 25.5 Å². The van der Waals surface area contributed by atoms with E-state index in [0.29, 0.717) is 23.3 Å². The first-order valence-corrected chi connectivity index (χ1v) is 6.53. The van der Waals surface area contributed by atoms with Gasteiger partial charge in [-0.25, -0.2) is 0 Å². The molecule has 0 atom stereocenters. The number of nitrogens with two attached hydrogens (primary N) is 1. The SMILES string of the molecule is COc1ccc(-c2c(CC(C)C)noc2N)cc1OC. The van der Waals surface area contributed by atoms with Crippen molar-refractivity contribution in [1.82, 2.24) is 5.16 Å². The number of ether oxygens (including phenoxy) is 2. The molecule has 2 aromatic rings. The Kier molecular flexibility index (Phi) is 4.17. The molecule has 0 radical (unpaired) electrons. The average molecular weight is 276 g/mol. The summed E-state index contributed by atoms with van der Waals surface area (Å²) in [7, 11) is 3.21. The molecule has 2 N–H and O–H groups in total. The zero-order valence-electron chi connectivity index (χ0n) is 12.3. The molecule has 0 aliphatic rings. The molecule has 1 heterocycles. The van der Waals surface area contributed by atoms with Crippen LogP contribution in [-0.2, 0) is 6.42 Å². The van der Waals surface area contributed by atoms with Crippen molar-refractivity contribution in [2.24, 2.45) is 5.92 Å². The number of benzene rings is 1. The summed E-state index contributed by atoms with van der Waals surface area (Å²) in [5.41, 5.74) is 8.52. The molecule has 0 bridgehead atoms. The first-order valence-electron chi connectivity index (χ1n) is 6.53. The Labute approximate surface area is 118 Å². The van der Waals surface area contributed by atoms with Crippen molar-refractivity contribution >= 4 is 5.88 Å². The minimum absolute atomic E-state index is 0.327. The van der Waals surface area contributed by atoms with Crippen molar-refractivity contribution in [1.29, 1.82) is 0 Å². The van der Waals surface area contributed by atoms with Crippen LogP contribution in [0.15, 0.2) is 22.7 Å². The van der Waals surface area contributed by atoms with E-state index in [0.717, 1.165) is 23.2 Å². The Hall–Kier alpha value is -2.17. The van der Waals surface area contributed by atoms with E-state index in [9.17, 15) is 0 Å². The first-order chi connectivity index (χ1) is 9.56. The third-order valence-electron chi connectivity index (χ3n) is 3.06. The quantitative estimate of drug-likeness (QED) is 0.908. The van der Waals surface area contributed by atoms with Crippen LogP contribution < -0.4 is 15.2 Å². The molecule has 0 saturated carbocycles. The molecular weight excluding hydrogens is 256 g/mol. The van der Waals surface area contributed by atoms with Crippen LogP contribution in [-0.4, -0.2) is 19.4 Å².